The highest BCUT2D eigenvalue weighted by molar-refractivity contribution is 5.99. The zero-order valence-corrected chi connectivity index (χ0v) is 14.0. The zero-order valence-electron chi connectivity index (χ0n) is 14.0. The van der Waals surface area contributed by atoms with Gasteiger partial charge in [-0.3, -0.25) is 9.59 Å². The first kappa shape index (κ1) is 17.1. The Hall–Kier alpha value is -3.77. The predicted octanol–water partition coefficient (Wildman–Crippen LogP) is 1.88. The fourth-order valence-corrected chi connectivity index (χ4v) is 2.78. The summed E-state index contributed by atoms with van der Waals surface area (Å²) >= 11 is 0. The number of carbonyl (C=O) groups is 2. The Morgan fingerprint density at radius 3 is 2.88 bits per heavy atom. The summed E-state index contributed by atoms with van der Waals surface area (Å²) in [6.07, 6.45) is 5.15. The molecule has 0 saturated carbocycles. The van der Waals surface area contributed by atoms with Crippen LogP contribution in [0.1, 0.15) is 21.5 Å². The van der Waals surface area contributed by atoms with Gasteiger partial charge < -0.3 is 15.5 Å². The Labute approximate surface area is 151 Å². The molecule has 1 aliphatic heterocycles. The Morgan fingerprint density at radius 2 is 2.12 bits per heavy atom. The molecular weight excluding hydrogens is 328 g/mol. The van der Waals surface area contributed by atoms with E-state index in [0.29, 0.717) is 23.4 Å². The maximum absolute atomic E-state index is 12.3. The Balaban J connectivity index is 1.89. The summed E-state index contributed by atoms with van der Waals surface area (Å²) in [6.45, 7) is 0.780. The molecule has 2 amide bonds. The molecule has 2 aromatic carbocycles. The molecule has 26 heavy (non-hydrogen) atoms. The van der Waals surface area contributed by atoms with Gasteiger partial charge in [-0.15, -0.1) is 6.42 Å². The third kappa shape index (κ3) is 3.66. The summed E-state index contributed by atoms with van der Waals surface area (Å²) in [5.74, 6) is 1.87. The second kappa shape index (κ2) is 7.42. The lowest BCUT2D eigenvalue weighted by molar-refractivity contribution is -0.114. The van der Waals surface area contributed by atoms with E-state index in [2.05, 4.69) is 22.6 Å². The van der Waals surface area contributed by atoms with Crippen molar-refractivity contribution in [3.63, 3.8) is 0 Å². The molecule has 0 bridgehead atoms. The number of amides is 2. The third-order valence-corrected chi connectivity index (χ3v) is 4.03. The predicted molar refractivity (Wildman–Crippen MR) is 98.4 cm³/mol. The average molecular weight is 344 g/mol. The normalized spacial score (nSPS) is 12.8. The summed E-state index contributed by atoms with van der Waals surface area (Å²) in [5, 5.41) is 14.5. The molecule has 6 nitrogen and oxygen atoms in total. The van der Waals surface area contributed by atoms with E-state index in [1.807, 2.05) is 17.0 Å². The smallest absolute Gasteiger partial charge is 0.252 e. The van der Waals surface area contributed by atoms with Crippen LogP contribution in [0.5, 0.6) is 0 Å². The van der Waals surface area contributed by atoms with E-state index in [1.165, 1.54) is 0 Å². The molecule has 0 spiro atoms. The second-order valence-electron chi connectivity index (χ2n) is 5.83. The molecule has 0 aromatic heterocycles. The zero-order chi connectivity index (χ0) is 18.5. The van der Waals surface area contributed by atoms with Crippen LogP contribution < -0.4 is 15.5 Å². The van der Waals surface area contributed by atoms with Gasteiger partial charge in [-0.05, 0) is 35.9 Å². The molecule has 0 radical (unpaired) electrons. The topological polar surface area (TPSA) is 85.2 Å². The minimum atomic E-state index is -0.289. The number of carbonyl (C=O) groups excluding carboxylic acids is 2. The molecule has 3 rings (SSSR count). The molecule has 2 N–H and O–H groups in total. The number of nitrogens with one attached hydrogen (secondary N) is 2. The van der Waals surface area contributed by atoms with Crippen LogP contribution in [0.4, 0.5) is 11.4 Å². The van der Waals surface area contributed by atoms with Gasteiger partial charge in [0.25, 0.3) is 5.91 Å². The van der Waals surface area contributed by atoms with E-state index in [9.17, 15) is 9.59 Å². The Morgan fingerprint density at radius 1 is 1.27 bits per heavy atom. The van der Waals surface area contributed by atoms with Gasteiger partial charge in [0.1, 0.15) is 0 Å². The van der Waals surface area contributed by atoms with Crippen molar-refractivity contribution in [2.24, 2.45) is 0 Å². The number of hydrogen-bond donors (Lipinski definition) is 2. The van der Waals surface area contributed by atoms with Crippen molar-refractivity contribution in [2.45, 2.75) is 6.54 Å². The first-order valence-electron chi connectivity index (χ1n) is 8.00. The number of terminal acetylenes is 1. The summed E-state index contributed by atoms with van der Waals surface area (Å²) in [4.78, 5) is 26.2. The number of anilines is 2. The fraction of sp³-hybridized carbons (Fsp3) is 0.150. The monoisotopic (exact) mass is 344 g/mol. The first-order valence-corrected chi connectivity index (χ1v) is 8.00. The Kier molecular flexibility index (Phi) is 4.87. The van der Waals surface area contributed by atoms with Crippen molar-refractivity contribution in [1.29, 1.82) is 5.26 Å². The van der Waals surface area contributed by atoms with Gasteiger partial charge in [0.2, 0.25) is 5.91 Å². The molecular formula is C20H16N4O2. The molecule has 0 unspecified atom stereocenters. The number of benzene rings is 2. The lowest BCUT2D eigenvalue weighted by atomic mass is 10.1. The first-order chi connectivity index (χ1) is 12.6. The second-order valence-corrected chi connectivity index (χ2v) is 5.83. The van der Waals surface area contributed by atoms with Crippen molar-refractivity contribution in [2.75, 3.05) is 23.3 Å². The van der Waals surface area contributed by atoms with E-state index >= 15 is 0 Å². The van der Waals surface area contributed by atoms with Crippen LogP contribution >= 0.6 is 0 Å². The highest BCUT2D eigenvalue weighted by Crippen LogP contribution is 2.26. The highest BCUT2D eigenvalue weighted by Gasteiger charge is 2.21. The van der Waals surface area contributed by atoms with Crippen molar-refractivity contribution < 1.29 is 9.59 Å². The Bertz CT molecular complexity index is 953. The maximum atomic E-state index is 12.3. The van der Waals surface area contributed by atoms with Crippen LogP contribution in [0.2, 0.25) is 0 Å². The largest absolute Gasteiger partial charge is 0.358 e. The molecule has 0 atom stereocenters. The molecule has 1 heterocycles. The van der Waals surface area contributed by atoms with Crippen LogP contribution in [0.3, 0.4) is 0 Å². The number of fused-ring (bicyclic) bond motifs is 1. The van der Waals surface area contributed by atoms with E-state index in [1.54, 1.807) is 30.3 Å². The van der Waals surface area contributed by atoms with Gasteiger partial charge in [0.05, 0.1) is 24.7 Å². The molecule has 128 valence electrons. The quantitative estimate of drug-likeness (QED) is 0.833. The number of rotatable bonds is 3. The summed E-state index contributed by atoms with van der Waals surface area (Å²) in [5.41, 5.74) is 3.24. The molecule has 0 aliphatic carbocycles. The minimum Gasteiger partial charge on any atom is -0.358 e. The van der Waals surface area contributed by atoms with E-state index in [0.717, 1.165) is 11.3 Å². The number of nitrogens with zero attached hydrogens (tertiary/aromatic N) is 2. The van der Waals surface area contributed by atoms with Crippen LogP contribution in [0.25, 0.3) is 0 Å². The molecule has 1 aliphatic rings. The van der Waals surface area contributed by atoms with E-state index in [4.69, 9.17) is 11.7 Å². The van der Waals surface area contributed by atoms with Gasteiger partial charge >= 0.3 is 0 Å². The standard InChI is InChI=1S/C20H16N4O2/c1-2-8-22-20(26)15-6-7-16-12-24(13-19(25)23-18(16)10-15)17-5-3-4-14(9-17)11-21/h1,3-7,9-10H,8,12-13H2,(H,22,26)(H,23,25). The molecule has 2 aromatic rings. The molecule has 0 fully saturated rings. The number of nitriles is 1. The van der Waals surface area contributed by atoms with Crippen LogP contribution in [-0.4, -0.2) is 24.9 Å². The van der Waals surface area contributed by atoms with Gasteiger partial charge in [-0.1, -0.05) is 18.1 Å². The van der Waals surface area contributed by atoms with Gasteiger partial charge in [-0.2, -0.15) is 5.26 Å². The van der Waals surface area contributed by atoms with Crippen molar-refractivity contribution in [3.8, 4) is 18.4 Å². The maximum Gasteiger partial charge on any atom is 0.252 e. The average Bonchev–Trinajstić information content (AvgIpc) is 2.83. The van der Waals surface area contributed by atoms with Gasteiger partial charge in [0.15, 0.2) is 0 Å². The van der Waals surface area contributed by atoms with E-state index in [-0.39, 0.29) is 24.9 Å². The molecule has 6 heteroatoms. The summed E-state index contributed by atoms with van der Waals surface area (Å²) in [6, 6.07) is 14.4. The summed E-state index contributed by atoms with van der Waals surface area (Å²) < 4.78 is 0. The van der Waals surface area contributed by atoms with Crippen LogP contribution in [0.15, 0.2) is 42.5 Å². The lowest BCUT2D eigenvalue weighted by Crippen LogP contribution is -2.29. The lowest BCUT2D eigenvalue weighted by Gasteiger charge is -2.22. The fourth-order valence-electron chi connectivity index (χ4n) is 2.78. The van der Waals surface area contributed by atoms with Crippen molar-refractivity contribution in [1.82, 2.24) is 5.32 Å². The van der Waals surface area contributed by atoms with Crippen LogP contribution in [0, 0.1) is 23.7 Å². The summed E-state index contributed by atoms with van der Waals surface area (Å²) in [7, 11) is 0. The highest BCUT2D eigenvalue weighted by atomic mass is 16.2. The van der Waals surface area contributed by atoms with Crippen molar-refractivity contribution in [3.05, 3.63) is 59.2 Å². The van der Waals surface area contributed by atoms with Gasteiger partial charge in [0, 0.05) is 23.5 Å². The number of hydrogen-bond acceptors (Lipinski definition) is 4. The van der Waals surface area contributed by atoms with Gasteiger partial charge in [-0.25, -0.2) is 0 Å². The molecule has 0 saturated heterocycles. The van der Waals surface area contributed by atoms with E-state index < -0.39 is 0 Å². The van der Waals surface area contributed by atoms with Crippen molar-refractivity contribution >= 4 is 23.2 Å². The SMILES string of the molecule is C#CCNC(=O)c1ccc2c(c1)NC(=O)CN(c1cccc(C#N)c1)C2. The minimum absolute atomic E-state index is 0.144. The third-order valence-electron chi connectivity index (χ3n) is 4.03. The van der Waals surface area contributed by atoms with Crippen LogP contribution in [-0.2, 0) is 11.3 Å².